The molecule has 0 spiro atoms. The van der Waals surface area contributed by atoms with Crippen molar-refractivity contribution in [3.05, 3.63) is 76.9 Å². The number of pyridine rings is 1. The van der Waals surface area contributed by atoms with Crippen LogP contribution < -0.4 is 14.8 Å². The van der Waals surface area contributed by atoms with Crippen molar-refractivity contribution in [2.75, 3.05) is 7.05 Å². The van der Waals surface area contributed by atoms with Crippen LogP contribution in [0.2, 0.25) is 5.02 Å². The molecule has 0 radical (unpaired) electrons. The number of ether oxygens (including phenoxy) is 1. The zero-order valence-corrected chi connectivity index (χ0v) is 17.4. The molecule has 3 rings (SSSR count). The zero-order chi connectivity index (χ0) is 21.7. The van der Waals surface area contributed by atoms with Crippen molar-refractivity contribution in [3.8, 4) is 17.4 Å². The van der Waals surface area contributed by atoms with Crippen molar-refractivity contribution in [1.29, 1.82) is 0 Å². The van der Waals surface area contributed by atoms with Gasteiger partial charge in [0.15, 0.2) is 0 Å². The highest BCUT2D eigenvalue weighted by molar-refractivity contribution is 7.89. The summed E-state index contributed by atoms with van der Waals surface area (Å²) in [6.07, 6.45) is 1.37. The number of nitrogens with zero attached hydrogens (tertiary/aromatic N) is 1. The van der Waals surface area contributed by atoms with Gasteiger partial charge in [0.2, 0.25) is 15.9 Å². The van der Waals surface area contributed by atoms with Gasteiger partial charge in [-0.3, -0.25) is 4.79 Å². The van der Waals surface area contributed by atoms with E-state index in [1.165, 1.54) is 37.5 Å². The summed E-state index contributed by atoms with van der Waals surface area (Å²) in [6, 6.07) is 13.5. The molecule has 0 fully saturated rings. The summed E-state index contributed by atoms with van der Waals surface area (Å²) in [7, 11) is -2.28. The lowest BCUT2D eigenvalue weighted by molar-refractivity contribution is 0.0950. The predicted molar refractivity (Wildman–Crippen MR) is 111 cm³/mol. The third kappa shape index (κ3) is 5.26. The van der Waals surface area contributed by atoms with E-state index in [1.807, 2.05) is 0 Å². The lowest BCUT2D eigenvalue weighted by Crippen LogP contribution is -2.23. The van der Waals surface area contributed by atoms with Crippen LogP contribution in [-0.2, 0) is 16.6 Å². The first-order chi connectivity index (χ1) is 14.3. The Kier molecular flexibility index (Phi) is 6.56. The Labute approximate surface area is 178 Å². The molecule has 0 saturated carbocycles. The molecule has 1 heterocycles. The second kappa shape index (κ2) is 9.12. The molecule has 30 heavy (non-hydrogen) atoms. The average molecular weight is 448 g/mol. The fourth-order valence-corrected chi connectivity index (χ4v) is 3.51. The Morgan fingerprint density at radius 3 is 2.47 bits per heavy atom. The predicted octanol–water partition coefficient (Wildman–Crippen LogP) is 3.07. The molecule has 0 unspecified atom stereocenters. The normalized spacial score (nSPS) is 11.1. The molecule has 1 amide bonds. The zero-order valence-electron chi connectivity index (χ0n) is 15.8. The van der Waals surface area contributed by atoms with Gasteiger partial charge in [-0.25, -0.2) is 18.1 Å². The Balaban J connectivity index is 1.61. The van der Waals surface area contributed by atoms with Gasteiger partial charge in [0.1, 0.15) is 11.5 Å². The van der Waals surface area contributed by atoms with Crippen LogP contribution in [0.4, 0.5) is 0 Å². The van der Waals surface area contributed by atoms with Gasteiger partial charge in [0, 0.05) is 23.8 Å². The summed E-state index contributed by atoms with van der Waals surface area (Å²) in [5.74, 6) is 0.542. The molecule has 0 aliphatic heterocycles. The van der Waals surface area contributed by atoms with E-state index < -0.39 is 10.0 Å². The van der Waals surface area contributed by atoms with Crippen LogP contribution in [0.3, 0.4) is 0 Å². The summed E-state index contributed by atoms with van der Waals surface area (Å²) >= 11 is 6.14. The molecule has 1 aromatic heterocycles. The van der Waals surface area contributed by atoms with E-state index >= 15 is 0 Å². The number of carbonyl (C=O) groups excluding carboxylic acids is 1. The van der Waals surface area contributed by atoms with Crippen molar-refractivity contribution in [2.24, 2.45) is 0 Å². The van der Waals surface area contributed by atoms with Gasteiger partial charge in [-0.15, -0.1) is 0 Å². The Bertz CT molecular complexity index is 1150. The number of phenolic OH excluding ortho intramolecular Hbond substituents is 1. The Morgan fingerprint density at radius 1 is 1.13 bits per heavy atom. The highest BCUT2D eigenvalue weighted by Gasteiger charge is 2.14. The molecule has 3 N–H and O–H groups in total. The number of hydrogen-bond acceptors (Lipinski definition) is 6. The molecule has 10 heteroatoms. The molecule has 0 atom stereocenters. The Hall–Kier alpha value is -3.14. The summed E-state index contributed by atoms with van der Waals surface area (Å²) in [4.78, 5) is 16.5. The topological polar surface area (TPSA) is 118 Å². The first-order valence-electron chi connectivity index (χ1n) is 8.71. The van der Waals surface area contributed by atoms with E-state index in [2.05, 4.69) is 15.0 Å². The Morgan fingerprint density at radius 2 is 1.87 bits per heavy atom. The van der Waals surface area contributed by atoms with Crippen LogP contribution in [0.5, 0.6) is 17.4 Å². The maximum atomic E-state index is 12.3. The van der Waals surface area contributed by atoms with Crippen LogP contribution in [0, 0.1) is 0 Å². The largest absolute Gasteiger partial charge is 0.508 e. The monoisotopic (exact) mass is 447 g/mol. The standard InChI is InChI=1S/C20H18ClN3O5S/c1-22-30(27,28)17-8-2-13(18(21)10-17)11-24-20(26)14-3-9-19(23-12-14)29-16-6-4-15(25)5-7-16/h2-10,12,22,25H,11H2,1H3,(H,24,26). The van der Waals surface area contributed by atoms with Gasteiger partial charge >= 0.3 is 0 Å². The third-order valence-corrected chi connectivity index (χ3v) is 5.86. The number of aromatic nitrogens is 1. The van der Waals surface area contributed by atoms with Gasteiger partial charge in [0.25, 0.3) is 5.91 Å². The maximum absolute atomic E-state index is 12.3. The third-order valence-electron chi connectivity index (χ3n) is 4.10. The van der Waals surface area contributed by atoms with Crippen molar-refractivity contribution in [1.82, 2.24) is 15.0 Å². The highest BCUT2D eigenvalue weighted by atomic mass is 35.5. The van der Waals surface area contributed by atoms with E-state index in [4.69, 9.17) is 16.3 Å². The quantitative estimate of drug-likeness (QED) is 0.512. The van der Waals surface area contributed by atoms with Crippen molar-refractivity contribution < 1.29 is 23.1 Å². The minimum absolute atomic E-state index is 0.0403. The van der Waals surface area contributed by atoms with E-state index in [9.17, 15) is 18.3 Å². The molecule has 3 aromatic rings. The van der Waals surface area contributed by atoms with Crippen LogP contribution in [0.1, 0.15) is 15.9 Å². The van der Waals surface area contributed by atoms with Crippen LogP contribution in [-0.4, -0.2) is 31.5 Å². The minimum atomic E-state index is -3.59. The lowest BCUT2D eigenvalue weighted by Gasteiger charge is -2.10. The second-order valence-electron chi connectivity index (χ2n) is 6.12. The second-order valence-corrected chi connectivity index (χ2v) is 8.42. The van der Waals surface area contributed by atoms with Gasteiger partial charge in [-0.05, 0) is 55.1 Å². The summed E-state index contributed by atoms with van der Waals surface area (Å²) in [5.41, 5.74) is 0.888. The number of halogens is 1. The molecular weight excluding hydrogens is 430 g/mol. The minimum Gasteiger partial charge on any atom is -0.508 e. The summed E-state index contributed by atoms with van der Waals surface area (Å²) in [5, 5.41) is 12.2. The lowest BCUT2D eigenvalue weighted by atomic mass is 10.2. The van der Waals surface area contributed by atoms with Gasteiger partial charge < -0.3 is 15.2 Å². The molecule has 0 bridgehead atoms. The van der Waals surface area contributed by atoms with Crippen molar-refractivity contribution >= 4 is 27.5 Å². The summed E-state index contributed by atoms with van der Waals surface area (Å²) < 4.78 is 31.4. The first-order valence-corrected chi connectivity index (χ1v) is 10.6. The van der Waals surface area contributed by atoms with E-state index in [0.29, 0.717) is 22.8 Å². The number of carbonyl (C=O) groups is 1. The number of phenols is 1. The molecule has 0 saturated heterocycles. The fraction of sp³-hybridized carbons (Fsp3) is 0.100. The molecule has 2 aromatic carbocycles. The van der Waals surface area contributed by atoms with Gasteiger partial charge in [-0.2, -0.15) is 0 Å². The molecular formula is C20H18ClN3O5S. The summed E-state index contributed by atoms with van der Waals surface area (Å²) in [6.45, 7) is 0.114. The molecule has 0 aliphatic carbocycles. The average Bonchev–Trinajstić information content (AvgIpc) is 2.74. The van der Waals surface area contributed by atoms with Crippen LogP contribution in [0.15, 0.2) is 65.7 Å². The number of nitrogens with one attached hydrogen (secondary N) is 2. The number of benzene rings is 2. The SMILES string of the molecule is CNS(=O)(=O)c1ccc(CNC(=O)c2ccc(Oc3ccc(O)cc3)nc2)c(Cl)c1. The van der Waals surface area contributed by atoms with E-state index in [0.717, 1.165) is 0 Å². The van der Waals surface area contributed by atoms with Crippen molar-refractivity contribution in [3.63, 3.8) is 0 Å². The first kappa shape index (κ1) is 21.6. The maximum Gasteiger partial charge on any atom is 0.253 e. The molecule has 156 valence electrons. The van der Waals surface area contributed by atoms with Gasteiger partial charge in [-0.1, -0.05) is 17.7 Å². The fourth-order valence-electron chi connectivity index (χ4n) is 2.44. The number of rotatable bonds is 7. The highest BCUT2D eigenvalue weighted by Crippen LogP contribution is 2.22. The smallest absolute Gasteiger partial charge is 0.253 e. The number of aromatic hydroxyl groups is 1. The van der Waals surface area contributed by atoms with E-state index in [1.54, 1.807) is 30.3 Å². The van der Waals surface area contributed by atoms with Crippen LogP contribution >= 0.6 is 11.6 Å². The molecule has 0 aliphatic rings. The molecule has 8 nitrogen and oxygen atoms in total. The number of amides is 1. The number of hydrogen-bond donors (Lipinski definition) is 3. The van der Waals surface area contributed by atoms with E-state index in [-0.39, 0.29) is 28.1 Å². The van der Waals surface area contributed by atoms with Crippen molar-refractivity contribution in [2.45, 2.75) is 11.4 Å². The van der Waals surface area contributed by atoms with Gasteiger partial charge in [0.05, 0.1) is 10.5 Å². The number of sulfonamides is 1. The van der Waals surface area contributed by atoms with Crippen LogP contribution in [0.25, 0.3) is 0 Å².